The molecule has 6 nitrogen and oxygen atoms in total. The molecule has 212 valence electrons. The zero-order chi connectivity index (χ0) is 29.9. The van der Waals surface area contributed by atoms with Crippen molar-refractivity contribution in [3.05, 3.63) is 100.0 Å². The van der Waals surface area contributed by atoms with Crippen LogP contribution in [0.3, 0.4) is 0 Å². The number of phenols is 1. The van der Waals surface area contributed by atoms with Crippen LogP contribution in [0.5, 0.6) is 11.5 Å². The number of benzene rings is 3. The predicted molar refractivity (Wildman–Crippen MR) is 155 cm³/mol. The van der Waals surface area contributed by atoms with Crippen LogP contribution in [0.1, 0.15) is 103 Å². The molecule has 0 spiro atoms. The number of esters is 1. The second kappa shape index (κ2) is 10.1. The fraction of sp³-hybridized carbons (Fsp3) is 0.324. The molecule has 2 N–H and O–H groups in total. The third-order valence-corrected chi connectivity index (χ3v) is 8.21. The first-order valence-corrected chi connectivity index (χ1v) is 13.7. The van der Waals surface area contributed by atoms with Gasteiger partial charge < -0.3 is 14.9 Å². The number of rotatable bonds is 5. The number of carbonyl (C=O) groups is 2. The number of carbonyl (C=O) groups excluding carboxylic acids is 2. The van der Waals surface area contributed by atoms with Crippen LogP contribution in [-0.2, 0) is 10.8 Å². The van der Waals surface area contributed by atoms with E-state index in [1.807, 2.05) is 41.5 Å². The van der Waals surface area contributed by atoms with Crippen molar-refractivity contribution in [3.63, 3.8) is 0 Å². The van der Waals surface area contributed by atoms with Gasteiger partial charge in [-0.05, 0) is 47.6 Å². The Labute approximate surface area is 238 Å². The molecule has 0 saturated heterocycles. The Morgan fingerprint density at radius 1 is 1.00 bits per heavy atom. The molecule has 0 fully saturated rings. The molecule has 1 aromatic heterocycles. The second-order valence-electron chi connectivity index (χ2n) is 12.3. The van der Waals surface area contributed by atoms with Gasteiger partial charge in [-0.25, -0.2) is 14.2 Å². The molecule has 7 heteroatoms. The zero-order valence-electron chi connectivity index (χ0n) is 24.1. The van der Waals surface area contributed by atoms with E-state index in [1.165, 1.54) is 18.2 Å². The van der Waals surface area contributed by atoms with E-state index in [-0.39, 0.29) is 33.7 Å². The Morgan fingerprint density at radius 3 is 2.34 bits per heavy atom. The topological polar surface area (TPSA) is 96.7 Å². The van der Waals surface area contributed by atoms with E-state index in [4.69, 9.17) is 4.74 Å². The van der Waals surface area contributed by atoms with Crippen LogP contribution in [0.25, 0.3) is 10.9 Å². The lowest BCUT2D eigenvalue weighted by molar-refractivity contribution is 0.0735. The van der Waals surface area contributed by atoms with Gasteiger partial charge in [0.1, 0.15) is 17.1 Å². The summed E-state index contributed by atoms with van der Waals surface area (Å²) in [6.45, 7) is 12.0. The van der Waals surface area contributed by atoms with Gasteiger partial charge in [0.25, 0.3) is 0 Å². The predicted octanol–water partition coefficient (Wildman–Crippen LogP) is 7.30. The molecule has 1 aliphatic rings. The van der Waals surface area contributed by atoms with E-state index in [0.29, 0.717) is 27.6 Å². The number of halogens is 1. The summed E-state index contributed by atoms with van der Waals surface area (Å²) in [4.78, 5) is 31.4. The highest BCUT2D eigenvalue weighted by Gasteiger charge is 2.42. The average Bonchev–Trinajstić information content (AvgIpc) is 3.18. The van der Waals surface area contributed by atoms with Crippen LogP contribution in [0.15, 0.2) is 60.7 Å². The molecule has 4 aromatic rings. The van der Waals surface area contributed by atoms with Crippen LogP contribution < -0.4 is 4.74 Å². The molecule has 1 aliphatic carbocycles. The SMILES string of the molecule is CCC(C)(C)c1cc(C(=O)Oc2cccc3ccc(C4C(=O)c5cccc(F)c5C4O)nc23)cc(C(C)(C)C)c1O. The number of nitrogens with zero attached hydrogens (tertiary/aromatic N) is 1. The summed E-state index contributed by atoms with van der Waals surface area (Å²) >= 11 is 0. The Bertz CT molecular complexity index is 1700. The van der Waals surface area contributed by atoms with Gasteiger partial charge in [0.15, 0.2) is 11.5 Å². The minimum absolute atomic E-state index is 0.0306. The monoisotopic (exact) mass is 555 g/mol. The molecule has 0 saturated carbocycles. The number of ether oxygens (including phenoxy) is 1. The lowest BCUT2D eigenvalue weighted by atomic mass is 9.76. The number of pyridine rings is 1. The van der Waals surface area contributed by atoms with Gasteiger partial charge in [0.2, 0.25) is 0 Å². The van der Waals surface area contributed by atoms with Crippen molar-refractivity contribution in [2.24, 2.45) is 0 Å². The number of hydrogen-bond acceptors (Lipinski definition) is 6. The van der Waals surface area contributed by atoms with Crippen molar-refractivity contribution >= 4 is 22.7 Å². The number of aromatic nitrogens is 1. The van der Waals surface area contributed by atoms with E-state index in [9.17, 15) is 24.2 Å². The summed E-state index contributed by atoms with van der Waals surface area (Å²) < 4.78 is 20.4. The van der Waals surface area contributed by atoms with Crippen molar-refractivity contribution in [3.8, 4) is 11.5 Å². The van der Waals surface area contributed by atoms with E-state index in [2.05, 4.69) is 4.98 Å². The average molecular weight is 556 g/mol. The molecule has 2 unspecified atom stereocenters. The van der Waals surface area contributed by atoms with Crippen LogP contribution in [0.2, 0.25) is 0 Å². The molecule has 3 aromatic carbocycles. The molecular weight excluding hydrogens is 521 g/mol. The third-order valence-electron chi connectivity index (χ3n) is 8.21. The highest BCUT2D eigenvalue weighted by molar-refractivity contribution is 6.06. The lowest BCUT2D eigenvalue weighted by Gasteiger charge is -2.29. The molecule has 0 aliphatic heterocycles. The first-order valence-electron chi connectivity index (χ1n) is 13.7. The maximum absolute atomic E-state index is 14.5. The van der Waals surface area contributed by atoms with E-state index < -0.39 is 35.0 Å². The van der Waals surface area contributed by atoms with Gasteiger partial charge in [-0.3, -0.25) is 4.79 Å². The quantitative estimate of drug-likeness (QED) is 0.198. The summed E-state index contributed by atoms with van der Waals surface area (Å²) in [5.74, 6) is -2.40. The highest BCUT2D eigenvalue weighted by Crippen LogP contribution is 2.44. The first kappa shape index (κ1) is 28.4. The minimum atomic E-state index is -1.38. The Morgan fingerprint density at radius 2 is 1.68 bits per heavy atom. The summed E-state index contributed by atoms with van der Waals surface area (Å²) in [5.41, 5.74) is 1.47. The number of Topliss-reactive ketones (excluding diaryl/α,β-unsaturated/α-hetero) is 1. The molecule has 0 radical (unpaired) electrons. The molecule has 1 heterocycles. The molecule has 0 bridgehead atoms. The maximum Gasteiger partial charge on any atom is 0.343 e. The van der Waals surface area contributed by atoms with Gasteiger partial charge in [-0.2, -0.15) is 0 Å². The van der Waals surface area contributed by atoms with Crippen LogP contribution in [-0.4, -0.2) is 26.9 Å². The van der Waals surface area contributed by atoms with Crippen molar-refractivity contribution in [1.29, 1.82) is 0 Å². The number of aliphatic hydroxyl groups is 1. The number of aliphatic hydroxyl groups excluding tert-OH is 1. The van der Waals surface area contributed by atoms with Crippen molar-refractivity contribution in [2.45, 2.75) is 70.8 Å². The van der Waals surface area contributed by atoms with Crippen molar-refractivity contribution in [1.82, 2.24) is 4.98 Å². The zero-order valence-corrected chi connectivity index (χ0v) is 24.1. The summed E-state index contributed by atoms with van der Waals surface area (Å²) in [6, 6.07) is 16.0. The molecule has 0 amide bonds. The van der Waals surface area contributed by atoms with E-state index in [0.717, 1.165) is 6.42 Å². The van der Waals surface area contributed by atoms with E-state index >= 15 is 0 Å². The smallest absolute Gasteiger partial charge is 0.343 e. The maximum atomic E-state index is 14.5. The lowest BCUT2D eigenvalue weighted by Crippen LogP contribution is -2.21. The van der Waals surface area contributed by atoms with Gasteiger partial charge in [-0.15, -0.1) is 0 Å². The van der Waals surface area contributed by atoms with Gasteiger partial charge in [0.05, 0.1) is 23.3 Å². The molecule has 5 rings (SSSR count). The summed E-state index contributed by atoms with van der Waals surface area (Å²) in [5, 5.41) is 22.7. The van der Waals surface area contributed by atoms with Gasteiger partial charge >= 0.3 is 5.97 Å². The minimum Gasteiger partial charge on any atom is -0.507 e. The number of ketones is 1. The summed E-state index contributed by atoms with van der Waals surface area (Å²) in [7, 11) is 0. The van der Waals surface area contributed by atoms with Crippen molar-refractivity contribution in [2.75, 3.05) is 0 Å². The van der Waals surface area contributed by atoms with Crippen LogP contribution >= 0.6 is 0 Å². The Kier molecular flexibility index (Phi) is 6.98. The van der Waals surface area contributed by atoms with Crippen molar-refractivity contribution < 1.29 is 28.9 Å². The Balaban J connectivity index is 1.55. The van der Waals surface area contributed by atoms with Crippen LogP contribution in [0.4, 0.5) is 4.39 Å². The number of aromatic hydroxyl groups is 1. The van der Waals surface area contributed by atoms with E-state index in [1.54, 1.807) is 42.5 Å². The second-order valence-corrected chi connectivity index (χ2v) is 12.3. The molecule has 41 heavy (non-hydrogen) atoms. The fourth-order valence-corrected chi connectivity index (χ4v) is 5.41. The fourth-order valence-electron chi connectivity index (χ4n) is 5.41. The number of para-hydroxylation sites is 1. The number of hydrogen-bond donors (Lipinski definition) is 2. The Hall–Kier alpha value is -4.10. The largest absolute Gasteiger partial charge is 0.507 e. The number of fused-ring (bicyclic) bond motifs is 2. The normalized spacial score (nSPS) is 17.1. The van der Waals surface area contributed by atoms with Gasteiger partial charge in [0, 0.05) is 27.6 Å². The highest BCUT2D eigenvalue weighted by atomic mass is 19.1. The first-order chi connectivity index (χ1) is 19.2. The standard InChI is InChI=1S/C34H34FNO5/c1-7-34(5,6)22-17-19(16-21(30(22)38)33(2,3)4)32(40)41-25-13-8-10-18-14-15-24(36-28(18)25)27-29(37)20-11-9-12-23(35)26(20)31(27)39/h8-17,27,31,38-39H,7H2,1-6H3. The molecule has 2 atom stereocenters. The molecular formula is C34H34FNO5. The van der Waals surface area contributed by atoms with Gasteiger partial charge in [-0.1, -0.05) is 71.9 Å². The van der Waals surface area contributed by atoms with Crippen LogP contribution in [0, 0.1) is 5.82 Å². The third kappa shape index (κ3) is 4.88. The summed E-state index contributed by atoms with van der Waals surface area (Å²) in [6.07, 6.45) is -0.635. The number of phenolic OH excluding ortho intramolecular Hbond substituents is 1.